The van der Waals surface area contributed by atoms with Gasteiger partial charge in [-0.25, -0.2) is 0 Å². The highest BCUT2D eigenvalue weighted by atomic mass is 32.2. The van der Waals surface area contributed by atoms with E-state index >= 15 is 0 Å². The second kappa shape index (κ2) is 5.69. The summed E-state index contributed by atoms with van der Waals surface area (Å²) in [4.78, 5) is 0. The first-order chi connectivity index (χ1) is 8.15. The molecule has 0 unspecified atom stereocenters. The summed E-state index contributed by atoms with van der Waals surface area (Å²) >= 11 is 7.17. The topological polar surface area (TPSA) is 12.0 Å². The van der Waals surface area contributed by atoms with Gasteiger partial charge in [-0.3, -0.25) is 0 Å². The summed E-state index contributed by atoms with van der Waals surface area (Å²) in [5.41, 5.74) is 2.37. The van der Waals surface area contributed by atoms with Crippen molar-refractivity contribution in [3.8, 4) is 0 Å². The minimum atomic E-state index is 0.596. The Morgan fingerprint density at radius 1 is 1.29 bits per heavy atom. The second-order valence-corrected chi connectivity index (χ2v) is 6.56. The van der Waals surface area contributed by atoms with E-state index in [1.54, 1.807) is 0 Å². The molecule has 0 amide bonds. The van der Waals surface area contributed by atoms with Crippen LogP contribution in [0.2, 0.25) is 0 Å². The van der Waals surface area contributed by atoms with Crippen molar-refractivity contribution in [1.82, 2.24) is 0 Å². The quantitative estimate of drug-likeness (QED) is 0.808. The zero-order valence-electron chi connectivity index (χ0n) is 10.1. The van der Waals surface area contributed by atoms with Crippen LogP contribution >= 0.6 is 24.0 Å². The molecule has 0 spiro atoms. The molecule has 1 nitrogen and oxygen atoms in total. The zero-order chi connectivity index (χ0) is 12.3. The molecule has 0 saturated heterocycles. The van der Waals surface area contributed by atoms with Crippen LogP contribution in [-0.2, 0) is 0 Å². The molecular weight excluding hydrogens is 246 g/mol. The fourth-order valence-corrected chi connectivity index (χ4v) is 3.37. The van der Waals surface area contributed by atoms with Crippen LogP contribution in [0.1, 0.15) is 20.3 Å². The van der Waals surface area contributed by atoms with Crippen molar-refractivity contribution in [3.05, 3.63) is 42.1 Å². The van der Waals surface area contributed by atoms with Gasteiger partial charge in [0.2, 0.25) is 0 Å². The summed E-state index contributed by atoms with van der Waals surface area (Å²) in [6.45, 7) is 4.51. The number of hydrogen-bond acceptors (Lipinski definition) is 3. The average molecular weight is 263 g/mol. The Morgan fingerprint density at radius 2 is 2.00 bits per heavy atom. The lowest BCUT2D eigenvalue weighted by Crippen LogP contribution is -2.20. The van der Waals surface area contributed by atoms with Crippen LogP contribution in [-0.4, -0.2) is 9.45 Å². The van der Waals surface area contributed by atoms with Crippen LogP contribution in [0.25, 0.3) is 0 Å². The van der Waals surface area contributed by atoms with Gasteiger partial charge in [0.15, 0.2) is 0 Å². The lowest BCUT2D eigenvalue weighted by Gasteiger charge is -2.26. The Hall–Kier alpha value is -0.800. The lowest BCUT2D eigenvalue weighted by atomic mass is 10.0. The predicted octanol–water partition coefficient (Wildman–Crippen LogP) is 4.47. The Morgan fingerprint density at radius 3 is 2.65 bits per heavy atom. The minimum absolute atomic E-state index is 0.596. The van der Waals surface area contributed by atoms with Crippen molar-refractivity contribution in [2.75, 3.05) is 5.32 Å². The lowest BCUT2D eigenvalue weighted by molar-refractivity contribution is 0.604. The first-order valence-electron chi connectivity index (χ1n) is 5.88. The van der Waals surface area contributed by atoms with Crippen LogP contribution in [0.15, 0.2) is 42.1 Å². The van der Waals surface area contributed by atoms with Gasteiger partial charge in [-0.05, 0) is 24.1 Å². The largest absolute Gasteiger partial charge is 0.359 e. The van der Waals surface area contributed by atoms with Crippen LogP contribution in [0.4, 0.5) is 5.69 Å². The van der Waals surface area contributed by atoms with Crippen LogP contribution in [0, 0.1) is 5.92 Å². The van der Waals surface area contributed by atoms with Crippen molar-refractivity contribution < 1.29 is 0 Å². The van der Waals surface area contributed by atoms with E-state index in [9.17, 15) is 0 Å². The van der Waals surface area contributed by atoms with Crippen LogP contribution in [0.3, 0.4) is 0 Å². The van der Waals surface area contributed by atoms with Gasteiger partial charge in [-0.2, -0.15) is 0 Å². The van der Waals surface area contributed by atoms with Gasteiger partial charge in [-0.15, -0.1) is 11.8 Å². The maximum Gasteiger partial charge on any atom is 0.0725 e. The molecule has 2 rings (SSSR count). The van der Waals surface area contributed by atoms with Gasteiger partial charge >= 0.3 is 0 Å². The average Bonchev–Trinajstić information content (AvgIpc) is 2.29. The molecule has 0 radical (unpaired) electrons. The predicted molar refractivity (Wildman–Crippen MR) is 81.6 cm³/mol. The number of allylic oxidation sites excluding steroid dienone is 1. The van der Waals surface area contributed by atoms with Crippen LogP contribution in [0.5, 0.6) is 0 Å². The Kier molecular flexibility index (Phi) is 4.24. The molecule has 0 aliphatic carbocycles. The van der Waals surface area contributed by atoms with Crippen LogP contribution < -0.4 is 5.32 Å². The Bertz CT molecular complexity index is 423. The number of hydrogen-bond donors (Lipinski definition) is 1. The van der Waals surface area contributed by atoms with Crippen molar-refractivity contribution >= 4 is 33.9 Å². The number of benzene rings is 1. The molecule has 0 aromatic heterocycles. The summed E-state index contributed by atoms with van der Waals surface area (Å²) in [6.07, 6.45) is 3.16. The summed E-state index contributed by atoms with van der Waals surface area (Å²) in [5.74, 6) is 0.652. The fraction of sp³-hybridized carbons (Fsp3) is 0.357. The molecular formula is C14H17NS2. The fourth-order valence-electron chi connectivity index (χ4n) is 1.81. The van der Waals surface area contributed by atoms with Gasteiger partial charge in [0, 0.05) is 23.1 Å². The first-order valence-corrected chi connectivity index (χ1v) is 7.17. The molecule has 1 aliphatic rings. The monoisotopic (exact) mass is 263 g/mol. The molecule has 1 N–H and O–H groups in total. The van der Waals surface area contributed by atoms with Gasteiger partial charge in [0.25, 0.3) is 0 Å². The Balaban J connectivity index is 2.08. The summed E-state index contributed by atoms with van der Waals surface area (Å²) in [6, 6.07) is 10.3. The highest BCUT2D eigenvalue weighted by Gasteiger charge is 2.22. The number of para-hydroxylation sites is 1. The standard InChI is InChI=1S/C14H17NS2/c1-10(2)13-8-12(9-14(16)17-13)15-11-6-4-3-5-7-11/h3-7,9-10,13,15H,8H2,1-2H3/t13-/m1/s1. The third-order valence-electron chi connectivity index (χ3n) is 2.80. The van der Waals surface area contributed by atoms with E-state index < -0.39 is 0 Å². The molecule has 17 heavy (non-hydrogen) atoms. The van der Waals surface area contributed by atoms with E-state index in [1.807, 2.05) is 30.0 Å². The number of anilines is 1. The van der Waals surface area contributed by atoms with Crippen molar-refractivity contribution in [2.45, 2.75) is 25.5 Å². The number of thiocarbonyl (C=S) groups is 1. The molecule has 90 valence electrons. The molecule has 1 aromatic rings. The van der Waals surface area contributed by atoms with E-state index in [0.29, 0.717) is 11.2 Å². The molecule has 1 aromatic carbocycles. The maximum absolute atomic E-state index is 5.34. The molecule has 3 heteroatoms. The zero-order valence-corrected chi connectivity index (χ0v) is 11.8. The normalized spacial score (nSPS) is 20.3. The van der Waals surface area contributed by atoms with Gasteiger partial charge in [0.1, 0.15) is 0 Å². The molecule has 1 heterocycles. The second-order valence-electron chi connectivity index (χ2n) is 4.58. The molecule has 0 bridgehead atoms. The van der Waals surface area contributed by atoms with Crippen molar-refractivity contribution in [2.24, 2.45) is 5.92 Å². The first kappa shape index (κ1) is 12.7. The van der Waals surface area contributed by atoms with Gasteiger partial charge < -0.3 is 5.32 Å². The van der Waals surface area contributed by atoms with E-state index in [-0.39, 0.29) is 0 Å². The smallest absolute Gasteiger partial charge is 0.0725 e. The van der Waals surface area contributed by atoms with Gasteiger partial charge in [-0.1, -0.05) is 44.3 Å². The molecule has 0 fully saturated rings. The molecule has 1 atom stereocenters. The Labute approximate surface area is 113 Å². The van der Waals surface area contributed by atoms with E-state index in [4.69, 9.17) is 12.2 Å². The highest BCUT2D eigenvalue weighted by molar-refractivity contribution is 8.24. The summed E-state index contributed by atoms with van der Waals surface area (Å²) < 4.78 is 0.994. The molecule has 0 saturated carbocycles. The van der Waals surface area contributed by atoms with Gasteiger partial charge in [0.05, 0.1) is 4.20 Å². The number of thioether (sulfide) groups is 1. The highest BCUT2D eigenvalue weighted by Crippen LogP contribution is 2.32. The maximum atomic E-state index is 5.34. The third kappa shape index (κ3) is 3.58. The number of rotatable bonds is 3. The third-order valence-corrected chi connectivity index (χ3v) is 4.57. The minimum Gasteiger partial charge on any atom is -0.359 e. The summed E-state index contributed by atoms with van der Waals surface area (Å²) in [7, 11) is 0. The number of nitrogens with one attached hydrogen (secondary N) is 1. The van der Waals surface area contributed by atoms with E-state index in [0.717, 1.165) is 16.3 Å². The SMILES string of the molecule is CC(C)[C@H]1CC(Nc2ccccc2)=CC(=S)S1. The summed E-state index contributed by atoms with van der Waals surface area (Å²) in [5, 5.41) is 4.05. The van der Waals surface area contributed by atoms with E-state index in [1.165, 1.54) is 5.70 Å². The van der Waals surface area contributed by atoms with Crippen molar-refractivity contribution in [3.63, 3.8) is 0 Å². The van der Waals surface area contributed by atoms with E-state index in [2.05, 4.69) is 37.4 Å². The van der Waals surface area contributed by atoms with Crippen molar-refractivity contribution in [1.29, 1.82) is 0 Å². The molecule has 1 aliphatic heterocycles.